The van der Waals surface area contributed by atoms with E-state index in [0.29, 0.717) is 36.9 Å². The molecule has 0 aliphatic heterocycles. The summed E-state index contributed by atoms with van der Waals surface area (Å²) < 4.78 is 5.21. The van der Waals surface area contributed by atoms with Gasteiger partial charge in [-0.25, -0.2) is 0 Å². The summed E-state index contributed by atoms with van der Waals surface area (Å²) in [6.07, 6.45) is 5.56. The van der Waals surface area contributed by atoms with E-state index in [2.05, 4.69) is 24.0 Å². The number of rotatable bonds is 6. The Balaban J connectivity index is 2.00. The first-order valence-corrected chi connectivity index (χ1v) is 7.07. The molecule has 2 rings (SSSR count). The molecule has 5 nitrogen and oxygen atoms in total. The van der Waals surface area contributed by atoms with Gasteiger partial charge in [-0.1, -0.05) is 31.8 Å². The maximum absolute atomic E-state index is 11.5. The molecule has 0 spiro atoms. The summed E-state index contributed by atoms with van der Waals surface area (Å²) in [5.41, 5.74) is -0.679. The molecule has 0 radical (unpaired) electrons. The van der Waals surface area contributed by atoms with Crippen molar-refractivity contribution in [3.8, 4) is 0 Å². The standard InChI is InChI=1S/C14H22N2O3/c1-10(2)5-6-11-15-12(19-16-11)9-14(13(17)18)7-3-4-8-14/h10H,3-9H2,1-2H3,(H,17,18). The third-order valence-corrected chi connectivity index (χ3v) is 3.96. The van der Waals surface area contributed by atoms with Gasteiger partial charge in [-0.05, 0) is 25.2 Å². The summed E-state index contributed by atoms with van der Waals surface area (Å²) in [7, 11) is 0. The van der Waals surface area contributed by atoms with Crippen LogP contribution < -0.4 is 0 Å². The maximum atomic E-state index is 11.5. The zero-order chi connectivity index (χ0) is 13.9. The second-order valence-electron chi connectivity index (χ2n) is 6.01. The number of aliphatic carboxylic acids is 1. The van der Waals surface area contributed by atoms with Gasteiger partial charge in [0.25, 0.3) is 0 Å². The van der Waals surface area contributed by atoms with Gasteiger partial charge in [0.05, 0.1) is 5.41 Å². The monoisotopic (exact) mass is 266 g/mol. The van der Waals surface area contributed by atoms with Gasteiger partial charge in [0.1, 0.15) is 0 Å². The van der Waals surface area contributed by atoms with Crippen molar-refractivity contribution in [3.05, 3.63) is 11.7 Å². The van der Waals surface area contributed by atoms with Gasteiger partial charge >= 0.3 is 5.97 Å². The molecule has 1 aromatic rings. The summed E-state index contributed by atoms with van der Waals surface area (Å²) in [5.74, 6) is 1.04. The molecule has 0 aromatic carbocycles. The zero-order valence-corrected chi connectivity index (χ0v) is 11.7. The predicted octanol–water partition coefficient (Wildman–Crippen LogP) is 2.85. The smallest absolute Gasteiger partial charge is 0.310 e. The van der Waals surface area contributed by atoms with E-state index in [1.807, 2.05) is 0 Å². The van der Waals surface area contributed by atoms with Gasteiger partial charge in [0.15, 0.2) is 5.82 Å². The Kier molecular flexibility index (Phi) is 4.22. The summed E-state index contributed by atoms with van der Waals surface area (Å²) in [6.45, 7) is 4.30. The van der Waals surface area contributed by atoms with E-state index in [9.17, 15) is 9.90 Å². The van der Waals surface area contributed by atoms with E-state index in [1.54, 1.807) is 0 Å². The average molecular weight is 266 g/mol. The number of carboxylic acids is 1. The number of hydrogen-bond donors (Lipinski definition) is 1. The van der Waals surface area contributed by atoms with Crippen molar-refractivity contribution in [1.82, 2.24) is 10.1 Å². The van der Waals surface area contributed by atoms with Gasteiger partial charge in [-0.3, -0.25) is 4.79 Å². The third-order valence-electron chi connectivity index (χ3n) is 3.96. The Morgan fingerprint density at radius 2 is 2.11 bits per heavy atom. The molecular weight excluding hydrogens is 244 g/mol. The lowest BCUT2D eigenvalue weighted by Crippen LogP contribution is -2.30. The quantitative estimate of drug-likeness (QED) is 0.856. The van der Waals surface area contributed by atoms with E-state index in [0.717, 1.165) is 25.7 Å². The van der Waals surface area contributed by atoms with Crippen LogP contribution in [-0.4, -0.2) is 21.2 Å². The van der Waals surface area contributed by atoms with Gasteiger partial charge in [-0.2, -0.15) is 4.98 Å². The highest BCUT2D eigenvalue weighted by molar-refractivity contribution is 5.75. The fourth-order valence-electron chi connectivity index (χ4n) is 2.69. The lowest BCUT2D eigenvalue weighted by molar-refractivity contribution is -0.148. The summed E-state index contributed by atoms with van der Waals surface area (Å²) in [6, 6.07) is 0. The summed E-state index contributed by atoms with van der Waals surface area (Å²) in [5, 5.41) is 13.4. The van der Waals surface area contributed by atoms with Crippen molar-refractivity contribution in [2.24, 2.45) is 11.3 Å². The molecule has 0 saturated heterocycles. The summed E-state index contributed by atoms with van der Waals surface area (Å²) in [4.78, 5) is 15.8. The van der Waals surface area contributed by atoms with Crippen LogP contribution in [0.3, 0.4) is 0 Å². The van der Waals surface area contributed by atoms with Gasteiger partial charge in [0, 0.05) is 12.8 Å². The normalized spacial score (nSPS) is 18.1. The fourth-order valence-corrected chi connectivity index (χ4v) is 2.69. The van der Waals surface area contributed by atoms with E-state index in [4.69, 9.17) is 4.52 Å². The number of carbonyl (C=O) groups is 1. The second-order valence-corrected chi connectivity index (χ2v) is 6.01. The predicted molar refractivity (Wildman–Crippen MR) is 69.7 cm³/mol. The van der Waals surface area contributed by atoms with E-state index in [-0.39, 0.29) is 0 Å². The Morgan fingerprint density at radius 1 is 1.42 bits per heavy atom. The molecule has 0 atom stereocenters. The van der Waals surface area contributed by atoms with Gasteiger partial charge < -0.3 is 9.63 Å². The van der Waals surface area contributed by atoms with Crippen molar-refractivity contribution in [2.45, 2.75) is 58.8 Å². The molecule has 19 heavy (non-hydrogen) atoms. The molecular formula is C14H22N2O3. The van der Waals surface area contributed by atoms with Crippen LogP contribution in [0.5, 0.6) is 0 Å². The van der Waals surface area contributed by atoms with Crippen molar-refractivity contribution in [2.75, 3.05) is 0 Å². The van der Waals surface area contributed by atoms with Crippen molar-refractivity contribution < 1.29 is 14.4 Å². The van der Waals surface area contributed by atoms with Crippen LogP contribution in [0.15, 0.2) is 4.52 Å². The molecule has 0 amide bonds. The molecule has 1 aliphatic rings. The number of carboxylic acid groups (broad SMARTS) is 1. The highest BCUT2D eigenvalue weighted by Gasteiger charge is 2.42. The van der Waals surface area contributed by atoms with Crippen LogP contribution in [0.4, 0.5) is 0 Å². The number of aryl methyl sites for hydroxylation is 1. The maximum Gasteiger partial charge on any atom is 0.310 e. The number of nitrogens with zero attached hydrogens (tertiary/aromatic N) is 2. The van der Waals surface area contributed by atoms with Crippen LogP contribution in [0.1, 0.15) is 57.7 Å². The molecule has 0 unspecified atom stereocenters. The Labute approximate surface area is 113 Å². The molecule has 1 saturated carbocycles. The van der Waals surface area contributed by atoms with Crippen molar-refractivity contribution in [3.63, 3.8) is 0 Å². The SMILES string of the molecule is CC(C)CCc1noc(CC2(C(=O)O)CCCC2)n1. The first kappa shape index (κ1) is 14.0. The topological polar surface area (TPSA) is 76.2 Å². The Hall–Kier alpha value is -1.39. The minimum atomic E-state index is -0.730. The van der Waals surface area contributed by atoms with Crippen LogP contribution in [0.2, 0.25) is 0 Å². The third kappa shape index (κ3) is 3.33. The highest BCUT2D eigenvalue weighted by Crippen LogP contribution is 2.40. The zero-order valence-electron chi connectivity index (χ0n) is 11.7. The first-order chi connectivity index (χ1) is 9.02. The first-order valence-electron chi connectivity index (χ1n) is 7.07. The van der Waals surface area contributed by atoms with Crippen molar-refractivity contribution in [1.29, 1.82) is 0 Å². The highest BCUT2D eigenvalue weighted by atomic mass is 16.5. The lowest BCUT2D eigenvalue weighted by Gasteiger charge is -2.21. The molecule has 1 N–H and O–H groups in total. The van der Waals surface area contributed by atoms with Gasteiger partial charge in [0.2, 0.25) is 5.89 Å². The molecule has 0 bridgehead atoms. The second kappa shape index (κ2) is 5.72. The van der Waals surface area contributed by atoms with Gasteiger partial charge in [-0.15, -0.1) is 0 Å². The van der Waals surface area contributed by atoms with Crippen LogP contribution in [0, 0.1) is 11.3 Å². The lowest BCUT2D eigenvalue weighted by atomic mass is 9.83. The fraction of sp³-hybridized carbons (Fsp3) is 0.786. The molecule has 1 heterocycles. The largest absolute Gasteiger partial charge is 0.481 e. The van der Waals surface area contributed by atoms with Crippen LogP contribution >= 0.6 is 0 Å². The van der Waals surface area contributed by atoms with Crippen LogP contribution in [-0.2, 0) is 17.6 Å². The molecule has 106 valence electrons. The Morgan fingerprint density at radius 3 is 2.68 bits per heavy atom. The minimum absolute atomic E-state index is 0.372. The molecule has 5 heteroatoms. The molecule has 1 aromatic heterocycles. The number of aromatic nitrogens is 2. The summed E-state index contributed by atoms with van der Waals surface area (Å²) >= 11 is 0. The minimum Gasteiger partial charge on any atom is -0.481 e. The van der Waals surface area contributed by atoms with Crippen molar-refractivity contribution >= 4 is 5.97 Å². The van der Waals surface area contributed by atoms with Crippen LogP contribution in [0.25, 0.3) is 0 Å². The molecule has 1 fully saturated rings. The van der Waals surface area contributed by atoms with E-state index < -0.39 is 11.4 Å². The average Bonchev–Trinajstić information content (AvgIpc) is 2.97. The van der Waals surface area contributed by atoms with E-state index in [1.165, 1.54) is 0 Å². The number of hydrogen-bond acceptors (Lipinski definition) is 4. The Bertz CT molecular complexity index is 434. The molecule has 1 aliphatic carbocycles. The van der Waals surface area contributed by atoms with E-state index >= 15 is 0 Å².